The smallest absolute Gasteiger partial charge is 0.321 e. The molecule has 1 aliphatic rings. The van der Waals surface area contributed by atoms with Gasteiger partial charge in [-0.05, 0) is 37.7 Å². The number of ether oxygens (including phenoxy) is 1. The molecule has 0 bridgehead atoms. The lowest BCUT2D eigenvalue weighted by molar-refractivity contribution is 0.127. The van der Waals surface area contributed by atoms with Crippen LogP contribution in [-0.2, 0) is 4.74 Å². The molecule has 0 radical (unpaired) electrons. The molecule has 0 aromatic carbocycles. The number of nitrogens with one attached hydrogen (secondary N) is 2. The summed E-state index contributed by atoms with van der Waals surface area (Å²) in [4.78, 5) is 20.3. The molecular weight excluding hydrogens is 355 g/mol. The van der Waals surface area contributed by atoms with E-state index < -0.39 is 5.95 Å². The molecule has 8 heteroatoms. The van der Waals surface area contributed by atoms with Crippen molar-refractivity contribution in [1.29, 1.82) is 0 Å². The number of thiazole rings is 1. The monoisotopic (exact) mass is 374 g/mol. The number of pyridine rings is 1. The van der Waals surface area contributed by atoms with Gasteiger partial charge in [0.05, 0.1) is 12.3 Å². The Kier molecular flexibility index (Phi) is 6.15. The van der Waals surface area contributed by atoms with Crippen molar-refractivity contribution in [2.75, 3.05) is 25.1 Å². The average molecular weight is 374 g/mol. The molecule has 1 saturated carbocycles. The quantitative estimate of drug-likeness (QED) is 0.463. The molecular formula is C18H19FN4O2S. The van der Waals surface area contributed by atoms with Gasteiger partial charge in [-0.25, -0.2) is 14.8 Å². The van der Waals surface area contributed by atoms with E-state index in [0.717, 1.165) is 6.61 Å². The first-order chi connectivity index (χ1) is 12.6. The molecule has 2 amide bonds. The Hall–Kier alpha value is -2.50. The Balaban J connectivity index is 1.48. The van der Waals surface area contributed by atoms with Gasteiger partial charge < -0.3 is 10.1 Å². The van der Waals surface area contributed by atoms with Gasteiger partial charge in [0, 0.05) is 31.0 Å². The summed E-state index contributed by atoms with van der Waals surface area (Å²) in [6.07, 6.45) is 3.86. The third-order valence-electron chi connectivity index (χ3n) is 3.65. The van der Waals surface area contributed by atoms with Crippen molar-refractivity contribution in [2.45, 2.75) is 19.8 Å². The van der Waals surface area contributed by atoms with Gasteiger partial charge in [-0.15, -0.1) is 0 Å². The van der Waals surface area contributed by atoms with Crippen LogP contribution in [0, 0.1) is 30.6 Å². The van der Waals surface area contributed by atoms with Crippen LogP contribution in [0.4, 0.5) is 14.3 Å². The largest absolute Gasteiger partial charge is 0.379 e. The van der Waals surface area contributed by atoms with Gasteiger partial charge in [-0.2, -0.15) is 4.39 Å². The number of carbonyl (C=O) groups is 1. The predicted octanol–water partition coefficient (Wildman–Crippen LogP) is 2.93. The highest BCUT2D eigenvalue weighted by molar-refractivity contribution is 7.16. The lowest BCUT2D eigenvalue weighted by Gasteiger charge is -2.05. The second kappa shape index (κ2) is 8.74. The van der Waals surface area contributed by atoms with E-state index in [9.17, 15) is 9.18 Å². The number of carbonyl (C=O) groups excluding carboxylic acids is 1. The highest BCUT2D eigenvalue weighted by Gasteiger charge is 2.20. The first kappa shape index (κ1) is 18.3. The number of aromatic nitrogens is 2. The first-order valence-electron chi connectivity index (χ1n) is 8.34. The van der Waals surface area contributed by atoms with Crippen molar-refractivity contribution in [1.82, 2.24) is 15.3 Å². The molecule has 0 spiro atoms. The SMILES string of the molecule is Cc1nc(NC(=O)NCCOCC2CC2)sc1C#Cc1ccnc(F)c1. The molecule has 0 atom stereocenters. The molecule has 1 fully saturated rings. The van der Waals surface area contributed by atoms with Crippen molar-refractivity contribution in [3.63, 3.8) is 0 Å². The summed E-state index contributed by atoms with van der Waals surface area (Å²) in [5, 5.41) is 5.87. The van der Waals surface area contributed by atoms with E-state index in [-0.39, 0.29) is 6.03 Å². The molecule has 6 nitrogen and oxygen atoms in total. The average Bonchev–Trinajstić information content (AvgIpc) is 3.36. The summed E-state index contributed by atoms with van der Waals surface area (Å²) in [6.45, 7) is 3.53. The summed E-state index contributed by atoms with van der Waals surface area (Å²) in [5.41, 5.74) is 1.24. The predicted molar refractivity (Wildman–Crippen MR) is 97.6 cm³/mol. The summed E-state index contributed by atoms with van der Waals surface area (Å²) in [6, 6.07) is 2.57. The Morgan fingerprint density at radius 3 is 3.08 bits per heavy atom. The molecule has 0 unspecified atom stereocenters. The number of aryl methyl sites for hydroxylation is 1. The number of nitrogens with zero attached hydrogens (tertiary/aromatic N) is 2. The minimum absolute atomic E-state index is 0.329. The molecule has 2 heterocycles. The van der Waals surface area contributed by atoms with Crippen LogP contribution in [0.15, 0.2) is 18.3 Å². The van der Waals surface area contributed by atoms with E-state index in [1.165, 1.54) is 36.4 Å². The normalized spacial score (nSPS) is 13.0. The van der Waals surface area contributed by atoms with Crippen LogP contribution in [0.3, 0.4) is 0 Å². The fourth-order valence-electron chi connectivity index (χ4n) is 2.09. The van der Waals surface area contributed by atoms with Crippen molar-refractivity contribution in [3.8, 4) is 11.8 Å². The van der Waals surface area contributed by atoms with Gasteiger partial charge in [0.25, 0.3) is 0 Å². The van der Waals surface area contributed by atoms with Crippen LogP contribution in [0.2, 0.25) is 0 Å². The van der Waals surface area contributed by atoms with E-state index in [4.69, 9.17) is 4.74 Å². The third-order valence-corrected chi connectivity index (χ3v) is 4.63. The Morgan fingerprint density at radius 2 is 2.31 bits per heavy atom. The summed E-state index contributed by atoms with van der Waals surface area (Å²) >= 11 is 1.27. The number of rotatable bonds is 6. The van der Waals surface area contributed by atoms with E-state index in [0.29, 0.717) is 40.3 Å². The fourth-order valence-corrected chi connectivity index (χ4v) is 2.90. The van der Waals surface area contributed by atoms with Gasteiger partial charge in [-0.3, -0.25) is 5.32 Å². The molecule has 0 aliphatic heterocycles. The zero-order chi connectivity index (χ0) is 18.4. The summed E-state index contributed by atoms with van der Waals surface area (Å²) < 4.78 is 18.5. The Labute approximate surface area is 155 Å². The van der Waals surface area contributed by atoms with Crippen molar-refractivity contribution < 1.29 is 13.9 Å². The van der Waals surface area contributed by atoms with Gasteiger partial charge in [0.15, 0.2) is 5.13 Å². The van der Waals surface area contributed by atoms with Crippen molar-refractivity contribution in [2.24, 2.45) is 5.92 Å². The highest BCUT2D eigenvalue weighted by Crippen LogP contribution is 2.28. The molecule has 3 rings (SSSR count). The molecule has 2 N–H and O–H groups in total. The second-order valence-electron chi connectivity index (χ2n) is 5.95. The molecule has 136 valence electrons. The van der Waals surface area contributed by atoms with E-state index in [1.807, 2.05) is 6.92 Å². The van der Waals surface area contributed by atoms with Crippen LogP contribution >= 0.6 is 11.3 Å². The van der Waals surface area contributed by atoms with Crippen LogP contribution < -0.4 is 10.6 Å². The van der Waals surface area contributed by atoms with Gasteiger partial charge in [0.2, 0.25) is 5.95 Å². The number of halogens is 1. The number of amides is 2. The Bertz CT molecular complexity index is 839. The highest BCUT2D eigenvalue weighted by atomic mass is 32.1. The number of anilines is 1. The van der Waals surface area contributed by atoms with Crippen LogP contribution in [0.1, 0.15) is 29.0 Å². The van der Waals surface area contributed by atoms with Gasteiger partial charge in [-0.1, -0.05) is 17.3 Å². The number of hydrogen-bond acceptors (Lipinski definition) is 5. The minimum Gasteiger partial charge on any atom is -0.379 e. The van der Waals surface area contributed by atoms with Crippen LogP contribution in [0.25, 0.3) is 0 Å². The molecule has 2 aromatic rings. The number of urea groups is 1. The zero-order valence-electron chi connectivity index (χ0n) is 14.3. The topological polar surface area (TPSA) is 76.1 Å². The maximum absolute atomic E-state index is 13.1. The second-order valence-corrected chi connectivity index (χ2v) is 6.95. The molecule has 0 saturated heterocycles. The zero-order valence-corrected chi connectivity index (χ0v) is 15.2. The van der Waals surface area contributed by atoms with E-state index >= 15 is 0 Å². The van der Waals surface area contributed by atoms with Crippen molar-refractivity contribution >= 4 is 22.5 Å². The number of hydrogen-bond donors (Lipinski definition) is 2. The molecule has 1 aliphatic carbocycles. The summed E-state index contributed by atoms with van der Waals surface area (Å²) in [7, 11) is 0. The summed E-state index contributed by atoms with van der Waals surface area (Å²) in [5.74, 6) is 5.96. The van der Waals surface area contributed by atoms with Gasteiger partial charge >= 0.3 is 6.03 Å². The molecule has 26 heavy (non-hydrogen) atoms. The minimum atomic E-state index is -0.571. The van der Waals surface area contributed by atoms with E-state index in [1.54, 1.807) is 6.07 Å². The maximum Gasteiger partial charge on any atom is 0.321 e. The van der Waals surface area contributed by atoms with Crippen LogP contribution in [0.5, 0.6) is 0 Å². The fraction of sp³-hybridized carbons (Fsp3) is 0.389. The lowest BCUT2D eigenvalue weighted by Crippen LogP contribution is -2.31. The van der Waals surface area contributed by atoms with E-state index in [2.05, 4.69) is 32.4 Å². The van der Waals surface area contributed by atoms with Crippen molar-refractivity contribution in [3.05, 3.63) is 40.4 Å². The maximum atomic E-state index is 13.1. The Morgan fingerprint density at radius 1 is 1.46 bits per heavy atom. The third kappa shape index (κ3) is 5.79. The van der Waals surface area contributed by atoms with Crippen LogP contribution in [-0.4, -0.2) is 35.8 Å². The van der Waals surface area contributed by atoms with Gasteiger partial charge in [0.1, 0.15) is 4.88 Å². The molecule has 2 aromatic heterocycles. The first-order valence-corrected chi connectivity index (χ1v) is 9.15. The lowest BCUT2D eigenvalue weighted by atomic mass is 10.2. The standard InChI is InChI=1S/C18H19FN4O2S/c1-12-15(5-4-13-6-7-20-16(19)10-13)26-18(22-12)23-17(24)21-8-9-25-11-14-2-3-14/h6-7,10,14H,2-3,8-9,11H2,1H3,(H2,21,22,23,24).